The monoisotopic (exact) mass is 309 g/mol. The first-order chi connectivity index (χ1) is 9.93. The number of benzene rings is 1. The summed E-state index contributed by atoms with van der Waals surface area (Å²) in [6.45, 7) is 6.67. The molecule has 0 bridgehead atoms. The maximum Gasteiger partial charge on any atom is 0.174 e. The van der Waals surface area contributed by atoms with E-state index in [1.165, 1.54) is 0 Å². The number of hydrogen-bond acceptors (Lipinski definition) is 2. The number of thioether (sulfide) groups is 1. The fraction of sp³-hybridized carbons (Fsp3) is 0.312. The Balaban J connectivity index is 2.14. The van der Waals surface area contributed by atoms with Crippen molar-refractivity contribution in [3.63, 3.8) is 0 Å². The zero-order chi connectivity index (χ0) is 15.6. The molecule has 2 nitrogen and oxygen atoms in total. The molecule has 2 aromatic rings. The first-order valence-corrected chi connectivity index (χ1v) is 7.70. The Hall–Kier alpha value is -1.62. The SMILES string of the molecule is CCn1c(C)cc(C(=O)CSc2cc(F)ccc2F)c1C. The van der Waals surface area contributed by atoms with Crippen molar-refractivity contribution < 1.29 is 13.6 Å². The Morgan fingerprint density at radius 2 is 1.95 bits per heavy atom. The highest BCUT2D eigenvalue weighted by atomic mass is 32.2. The summed E-state index contributed by atoms with van der Waals surface area (Å²) in [5.41, 5.74) is 2.60. The summed E-state index contributed by atoms with van der Waals surface area (Å²) in [7, 11) is 0. The molecular formula is C16H17F2NOS. The van der Waals surface area contributed by atoms with Crippen molar-refractivity contribution in [1.29, 1.82) is 0 Å². The predicted octanol–water partition coefficient (Wildman–Crippen LogP) is 4.38. The van der Waals surface area contributed by atoms with E-state index < -0.39 is 11.6 Å². The number of carbonyl (C=O) groups is 1. The third-order valence-corrected chi connectivity index (χ3v) is 4.47. The lowest BCUT2D eigenvalue weighted by Gasteiger charge is -2.06. The molecule has 0 saturated heterocycles. The average Bonchev–Trinajstić information content (AvgIpc) is 2.74. The van der Waals surface area contributed by atoms with E-state index in [4.69, 9.17) is 0 Å². The van der Waals surface area contributed by atoms with Gasteiger partial charge in [0.1, 0.15) is 11.6 Å². The van der Waals surface area contributed by atoms with Crippen LogP contribution in [0.25, 0.3) is 0 Å². The second kappa shape index (κ2) is 6.43. The van der Waals surface area contributed by atoms with Crippen LogP contribution in [0.15, 0.2) is 29.2 Å². The van der Waals surface area contributed by atoms with Crippen LogP contribution in [0.2, 0.25) is 0 Å². The molecule has 2 rings (SSSR count). The summed E-state index contributed by atoms with van der Waals surface area (Å²) in [4.78, 5) is 12.4. The molecule has 1 aromatic heterocycles. The first-order valence-electron chi connectivity index (χ1n) is 6.71. The molecule has 0 saturated carbocycles. The van der Waals surface area contributed by atoms with Crippen molar-refractivity contribution in [1.82, 2.24) is 4.57 Å². The number of Topliss-reactive ketones (excluding diaryl/α,β-unsaturated/α-hetero) is 1. The second-order valence-corrected chi connectivity index (χ2v) is 5.83. The van der Waals surface area contributed by atoms with Gasteiger partial charge in [0.2, 0.25) is 0 Å². The van der Waals surface area contributed by atoms with Crippen LogP contribution in [0.5, 0.6) is 0 Å². The van der Waals surface area contributed by atoms with Crippen LogP contribution < -0.4 is 0 Å². The van der Waals surface area contributed by atoms with Gasteiger partial charge in [0.05, 0.1) is 5.75 Å². The molecule has 0 amide bonds. The Morgan fingerprint density at radius 1 is 1.24 bits per heavy atom. The van der Waals surface area contributed by atoms with Gasteiger partial charge in [0.25, 0.3) is 0 Å². The molecule has 0 aliphatic carbocycles. The van der Waals surface area contributed by atoms with Gasteiger partial charge in [0, 0.05) is 28.4 Å². The largest absolute Gasteiger partial charge is 0.349 e. The summed E-state index contributed by atoms with van der Waals surface area (Å²) in [5.74, 6) is -0.991. The molecule has 0 atom stereocenters. The van der Waals surface area contributed by atoms with E-state index in [1.54, 1.807) is 0 Å². The van der Waals surface area contributed by atoms with E-state index in [1.807, 2.05) is 26.8 Å². The van der Waals surface area contributed by atoms with Crippen molar-refractivity contribution in [2.24, 2.45) is 0 Å². The molecular weight excluding hydrogens is 292 g/mol. The molecule has 0 aliphatic heterocycles. The molecule has 1 heterocycles. The smallest absolute Gasteiger partial charge is 0.174 e. The lowest BCUT2D eigenvalue weighted by molar-refractivity contribution is 0.102. The van der Waals surface area contributed by atoms with E-state index in [0.29, 0.717) is 5.56 Å². The van der Waals surface area contributed by atoms with E-state index in [0.717, 1.165) is 47.9 Å². The first kappa shape index (κ1) is 15.8. The molecule has 0 unspecified atom stereocenters. The summed E-state index contributed by atoms with van der Waals surface area (Å²) < 4.78 is 28.7. The van der Waals surface area contributed by atoms with Gasteiger partial charge in [-0.15, -0.1) is 11.8 Å². The van der Waals surface area contributed by atoms with Crippen LogP contribution in [0.1, 0.15) is 28.7 Å². The van der Waals surface area contributed by atoms with Crippen molar-refractivity contribution >= 4 is 17.5 Å². The van der Waals surface area contributed by atoms with Crippen molar-refractivity contribution in [3.8, 4) is 0 Å². The number of ketones is 1. The van der Waals surface area contributed by atoms with Crippen molar-refractivity contribution in [2.45, 2.75) is 32.2 Å². The number of hydrogen-bond donors (Lipinski definition) is 0. The van der Waals surface area contributed by atoms with E-state index in [9.17, 15) is 13.6 Å². The van der Waals surface area contributed by atoms with Crippen molar-refractivity contribution in [3.05, 3.63) is 52.9 Å². The molecule has 0 aliphatic rings. The standard InChI is InChI=1S/C16H17F2NOS/c1-4-19-10(2)7-13(11(19)3)15(20)9-21-16-8-12(17)5-6-14(16)18/h5-8H,4,9H2,1-3H3. The Morgan fingerprint density at radius 3 is 2.57 bits per heavy atom. The predicted molar refractivity (Wildman–Crippen MR) is 81.0 cm³/mol. The highest BCUT2D eigenvalue weighted by molar-refractivity contribution is 8.00. The number of rotatable bonds is 5. The molecule has 1 aromatic carbocycles. The van der Waals surface area contributed by atoms with Crippen LogP contribution in [0, 0.1) is 25.5 Å². The molecule has 5 heteroatoms. The van der Waals surface area contributed by atoms with Crippen molar-refractivity contribution in [2.75, 3.05) is 5.75 Å². The van der Waals surface area contributed by atoms with Gasteiger partial charge >= 0.3 is 0 Å². The van der Waals surface area contributed by atoms with Crippen LogP contribution in [-0.4, -0.2) is 16.1 Å². The Bertz CT molecular complexity index is 679. The number of halogens is 2. The van der Waals surface area contributed by atoms with E-state index in [2.05, 4.69) is 4.57 Å². The minimum Gasteiger partial charge on any atom is -0.349 e. The van der Waals surface area contributed by atoms with Gasteiger partial charge in [0.15, 0.2) is 5.78 Å². The van der Waals surface area contributed by atoms with Gasteiger partial charge < -0.3 is 4.57 Å². The van der Waals surface area contributed by atoms with Gasteiger partial charge in [-0.1, -0.05) is 0 Å². The number of carbonyl (C=O) groups excluding carboxylic acids is 1. The highest BCUT2D eigenvalue weighted by Crippen LogP contribution is 2.25. The topological polar surface area (TPSA) is 22.0 Å². The zero-order valence-electron chi connectivity index (χ0n) is 12.2. The molecule has 0 spiro atoms. The summed E-state index contributed by atoms with van der Waals surface area (Å²) in [6, 6.07) is 5.10. The normalized spacial score (nSPS) is 10.9. The van der Waals surface area contributed by atoms with Crippen LogP contribution in [-0.2, 0) is 6.54 Å². The van der Waals surface area contributed by atoms with Crippen LogP contribution >= 0.6 is 11.8 Å². The number of aromatic nitrogens is 1. The van der Waals surface area contributed by atoms with Crippen LogP contribution in [0.3, 0.4) is 0 Å². The minimum atomic E-state index is -0.506. The van der Waals surface area contributed by atoms with Gasteiger partial charge in [-0.05, 0) is 45.0 Å². The summed E-state index contributed by atoms with van der Waals surface area (Å²) in [6.07, 6.45) is 0. The van der Waals surface area contributed by atoms with Gasteiger partial charge in [-0.3, -0.25) is 4.79 Å². The van der Waals surface area contributed by atoms with Gasteiger partial charge in [-0.2, -0.15) is 0 Å². The fourth-order valence-electron chi connectivity index (χ4n) is 2.38. The third kappa shape index (κ3) is 3.35. The lowest BCUT2D eigenvalue weighted by atomic mass is 10.2. The lowest BCUT2D eigenvalue weighted by Crippen LogP contribution is -2.06. The number of aryl methyl sites for hydroxylation is 1. The quantitative estimate of drug-likeness (QED) is 0.604. The van der Waals surface area contributed by atoms with Gasteiger partial charge in [-0.25, -0.2) is 8.78 Å². The number of nitrogens with zero attached hydrogens (tertiary/aromatic N) is 1. The summed E-state index contributed by atoms with van der Waals surface area (Å²) in [5, 5.41) is 0. The fourth-order valence-corrected chi connectivity index (χ4v) is 3.22. The molecule has 0 N–H and O–H groups in total. The molecule has 112 valence electrons. The molecule has 21 heavy (non-hydrogen) atoms. The zero-order valence-corrected chi connectivity index (χ0v) is 13.1. The van der Waals surface area contributed by atoms with E-state index >= 15 is 0 Å². The highest BCUT2D eigenvalue weighted by Gasteiger charge is 2.16. The maximum absolute atomic E-state index is 13.5. The Labute approximate surface area is 127 Å². The summed E-state index contributed by atoms with van der Waals surface area (Å²) >= 11 is 1.02. The minimum absolute atomic E-state index is 0.0727. The molecule has 0 fully saturated rings. The Kier molecular flexibility index (Phi) is 4.83. The van der Waals surface area contributed by atoms with Crippen LogP contribution in [0.4, 0.5) is 8.78 Å². The van der Waals surface area contributed by atoms with E-state index in [-0.39, 0.29) is 16.4 Å². The molecule has 0 radical (unpaired) electrons. The third-order valence-electron chi connectivity index (χ3n) is 3.44. The second-order valence-electron chi connectivity index (χ2n) is 4.82. The maximum atomic E-state index is 13.5. The average molecular weight is 309 g/mol.